The fourth-order valence-electron chi connectivity index (χ4n) is 3.79. The Morgan fingerprint density at radius 2 is 2.07 bits per heavy atom. The zero-order chi connectivity index (χ0) is 20.3. The van der Waals surface area contributed by atoms with E-state index in [0.29, 0.717) is 19.6 Å². The Morgan fingerprint density at radius 1 is 1.29 bits per heavy atom. The number of likely N-dealkylation sites (tertiary alicyclic amines) is 1. The summed E-state index contributed by atoms with van der Waals surface area (Å²) in [6, 6.07) is 4.11. The van der Waals surface area contributed by atoms with Gasteiger partial charge in [-0.25, -0.2) is 4.98 Å². The number of nitrogens with one attached hydrogen (secondary N) is 2. The molecule has 0 radical (unpaired) electrons. The number of hydrogen-bond donors (Lipinski definition) is 3. The molecule has 1 aliphatic rings. The highest BCUT2D eigenvalue weighted by molar-refractivity contribution is 5.81. The molecule has 1 aliphatic heterocycles. The van der Waals surface area contributed by atoms with E-state index < -0.39 is 0 Å². The summed E-state index contributed by atoms with van der Waals surface area (Å²) in [7, 11) is 0. The van der Waals surface area contributed by atoms with Crippen LogP contribution < -0.4 is 11.1 Å². The minimum absolute atomic E-state index is 0.0106. The predicted molar refractivity (Wildman–Crippen MR) is 110 cm³/mol. The second-order valence-corrected chi connectivity index (χ2v) is 7.94. The largest absolute Gasteiger partial charge is 0.356 e. The molecule has 0 unspecified atom stereocenters. The normalized spacial score (nSPS) is 20.2. The highest BCUT2D eigenvalue weighted by Gasteiger charge is 2.28. The average molecular weight is 386 g/mol. The lowest BCUT2D eigenvalue weighted by Gasteiger charge is -2.23. The van der Waals surface area contributed by atoms with Gasteiger partial charge in [-0.3, -0.25) is 9.59 Å². The number of H-pyrrole nitrogens is 1. The predicted octanol–water partition coefficient (Wildman–Crippen LogP) is 1.81. The lowest BCUT2D eigenvalue weighted by molar-refractivity contribution is -0.131. The standard InChI is InChI=1S/C21H31N5O2/c1-13-6-9-18-20(14(13)2)25-19(24-18)5-4-10-23-21(28)16-7-8-17(22)12-26(11-16)15(3)27/h6,9,16-17H,4-5,7-8,10-12,22H2,1-3H3,(H,23,28)(H,24,25)/t16-,17+/m1/s1. The van der Waals surface area contributed by atoms with Crippen LogP contribution in [0.2, 0.25) is 0 Å². The molecule has 0 aliphatic carbocycles. The van der Waals surface area contributed by atoms with E-state index in [9.17, 15) is 9.59 Å². The highest BCUT2D eigenvalue weighted by atomic mass is 16.2. The van der Waals surface area contributed by atoms with Gasteiger partial charge in [-0.2, -0.15) is 0 Å². The maximum atomic E-state index is 12.5. The summed E-state index contributed by atoms with van der Waals surface area (Å²) in [6.45, 7) is 7.29. The van der Waals surface area contributed by atoms with Crippen molar-refractivity contribution in [2.24, 2.45) is 11.7 Å². The number of amides is 2. The lowest BCUT2D eigenvalue weighted by atomic mass is 10.0. The minimum atomic E-state index is -0.186. The number of rotatable bonds is 5. The van der Waals surface area contributed by atoms with Crippen molar-refractivity contribution in [1.29, 1.82) is 0 Å². The van der Waals surface area contributed by atoms with E-state index in [0.717, 1.165) is 42.5 Å². The molecule has 2 atom stereocenters. The molecule has 4 N–H and O–H groups in total. The maximum absolute atomic E-state index is 12.5. The van der Waals surface area contributed by atoms with Crippen LogP contribution in [0.25, 0.3) is 11.0 Å². The topological polar surface area (TPSA) is 104 Å². The zero-order valence-electron chi connectivity index (χ0n) is 17.0. The molecule has 0 saturated carbocycles. The molecule has 7 nitrogen and oxygen atoms in total. The third-order valence-electron chi connectivity index (χ3n) is 5.71. The molecule has 3 rings (SSSR count). The number of aromatic amines is 1. The summed E-state index contributed by atoms with van der Waals surface area (Å²) in [5.74, 6) is 0.748. The van der Waals surface area contributed by atoms with Gasteiger partial charge in [-0.05, 0) is 50.3 Å². The molecule has 152 valence electrons. The molecule has 0 bridgehead atoms. The lowest BCUT2D eigenvalue weighted by Crippen LogP contribution is -2.42. The summed E-state index contributed by atoms with van der Waals surface area (Å²) in [5, 5.41) is 3.02. The van der Waals surface area contributed by atoms with E-state index in [1.807, 2.05) is 0 Å². The van der Waals surface area contributed by atoms with Crippen molar-refractivity contribution in [3.8, 4) is 0 Å². The number of aromatic nitrogens is 2. The van der Waals surface area contributed by atoms with E-state index in [1.54, 1.807) is 4.90 Å². The Morgan fingerprint density at radius 3 is 2.82 bits per heavy atom. The number of aryl methyl sites for hydroxylation is 3. The van der Waals surface area contributed by atoms with Crippen molar-refractivity contribution >= 4 is 22.8 Å². The maximum Gasteiger partial charge on any atom is 0.224 e. The van der Waals surface area contributed by atoms with Crippen molar-refractivity contribution in [3.63, 3.8) is 0 Å². The van der Waals surface area contributed by atoms with Gasteiger partial charge < -0.3 is 20.9 Å². The SMILES string of the molecule is CC(=O)N1C[C@@H](N)CC[C@@H](C(=O)NCCCc2nc3c(C)c(C)ccc3[nH]2)C1. The van der Waals surface area contributed by atoms with Crippen LogP contribution >= 0.6 is 0 Å². The Balaban J connectivity index is 1.50. The number of nitrogens with two attached hydrogens (primary N) is 1. The second-order valence-electron chi connectivity index (χ2n) is 7.94. The monoisotopic (exact) mass is 385 g/mol. The fraction of sp³-hybridized carbons (Fsp3) is 0.571. The first-order valence-corrected chi connectivity index (χ1v) is 10.1. The number of carbonyl (C=O) groups excluding carboxylic acids is 2. The number of hydrogen-bond acceptors (Lipinski definition) is 4. The van der Waals surface area contributed by atoms with Crippen LogP contribution in [0, 0.1) is 19.8 Å². The van der Waals surface area contributed by atoms with Crippen LogP contribution in [-0.4, -0.2) is 52.4 Å². The third kappa shape index (κ3) is 4.70. The van der Waals surface area contributed by atoms with Gasteiger partial charge >= 0.3 is 0 Å². The number of benzene rings is 1. The number of nitrogens with zero attached hydrogens (tertiary/aromatic N) is 2. The van der Waals surface area contributed by atoms with Gasteiger partial charge in [0.25, 0.3) is 0 Å². The van der Waals surface area contributed by atoms with Crippen LogP contribution in [0.15, 0.2) is 12.1 Å². The van der Waals surface area contributed by atoms with Gasteiger partial charge in [-0.15, -0.1) is 0 Å². The molecule has 7 heteroatoms. The minimum Gasteiger partial charge on any atom is -0.356 e. The highest BCUT2D eigenvalue weighted by Crippen LogP contribution is 2.20. The van der Waals surface area contributed by atoms with E-state index in [1.165, 1.54) is 18.1 Å². The Kier molecular flexibility index (Phi) is 6.34. The quantitative estimate of drug-likeness (QED) is 0.683. The van der Waals surface area contributed by atoms with E-state index >= 15 is 0 Å². The summed E-state index contributed by atoms with van der Waals surface area (Å²) in [4.78, 5) is 34.0. The summed E-state index contributed by atoms with van der Waals surface area (Å²) < 4.78 is 0. The first-order valence-electron chi connectivity index (χ1n) is 10.1. The van der Waals surface area contributed by atoms with Crippen LogP contribution in [0.1, 0.15) is 43.1 Å². The van der Waals surface area contributed by atoms with E-state index in [4.69, 9.17) is 10.7 Å². The van der Waals surface area contributed by atoms with Crippen LogP contribution in [0.5, 0.6) is 0 Å². The van der Waals surface area contributed by atoms with Crippen LogP contribution in [-0.2, 0) is 16.0 Å². The van der Waals surface area contributed by atoms with E-state index in [2.05, 4.69) is 36.3 Å². The molecule has 2 amide bonds. The molecular weight excluding hydrogens is 354 g/mol. The Hall–Kier alpha value is -2.41. The molecule has 1 saturated heterocycles. The van der Waals surface area contributed by atoms with Crippen molar-refractivity contribution < 1.29 is 9.59 Å². The molecule has 2 heterocycles. The van der Waals surface area contributed by atoms with Crippen molar-refractivity contribution in [1.82, 2.24) is 20.2 Å². The molecule has 1 aromatic heterocycles. The molecule has 28 heavy (non-hydrogen) atoms. The molecule has 1 fully saturated rings. The average Bonchev–Trinajstić information content (AvgIpc) is 2.96. The van der Waals surface area contributed by atoms with Crippen molar-refractivity contribution in [3.05, 3.63) is 29.1 Å². The van der Waals surface area contributed by atoms with Crippen molar-refractivity contribution in [2.75, 3.05) is 19.6 Å². The second kappa shape index (κ2) is 8.73. The first-order chi connectivity index (χ1) is 13.3. The van der Waals surface area contributed by atoms with E-state index in [-0.39, 0.29) is 23.8 Å². The zero-order valence-corrected chi connectivity index (χ0v) is 17.0. The fourth-order valence-corrected chi connectivity index (χ4v) is 3.79. The molecular formula is C21H31N5O2. The van der Waals surface area contributed by atoms with Crippen LogP contribution in [0.3, 0.4) is 0 Å². The van der Waals surface area contributed by atoms with Gasteiger partial charge in [0.15, 0.2) is 0 Å². The van der Waals surface area contributed by atoms with Gasteiger partial charge in [0.2, 0.25) is 11.8 Å². The third-order valence-corrected chi connectivity index (χ3v) is 5.71. The summed E-state index contributed by atoms with van der Waals surface area (Å²) >= 11 is 0. The van der Waals surface area contributed by atoms with Gasteiger partial charge in [0, 0.05) is 39.0 Å². The number of carbonyl (C=O) groups is 2. The Labute approximate surface area is 166 Å². The van der Waals surface area contributed by atoms with Gasteiger partial charge in [0.1, 0.15) is 5.82 Å². The Bertz CT molecular complexity index is 860. The molecule has 2 aromatic rings. The summed E-state index contributed by atoms with van der Waals surface area (Å²) in [5.41, 5.74) is 10.6. The molecule has 0 spiro atoms. The summed E-state index contributed by atoms with van der Waals surface area (Å²) in [6.07, 6.45) is 3.08. The van der Waals surface area contributed by atoms with Crippen molar-refractivity contribution in [2.45, 2.75) is 52.5 Å². The number of fused-ring (bicyclic) bond motifs is 1. The van der Waals surface area contributed by atoms with Gasteiger partial charge in [0.05, 0.1) is 17.0 Å². The van der Waals surface area contributed by atoms with Gasteiger partial charge in [-0.1, -0.05) is 6.07 Å². The first kappa shape index (κ1) is 20.3. The molecule has 1 aromatic carbocycles. The van der Waals surface area contributed by atoms with Crippen LogP contribution in [0.4, 0.5) is 0 Å². The number of imidazole rings is 1. The smallest absolute Gasteiger partial charge is 0.224 e.